The lowest BCUT2D eigenvalue weighted by molar-refractivity contribution is -0.122. The molecule has 1 heterocycles. The van der Waals surface area contributed by atoms with Crippen LogP contribution in [0.15, 0.2) is 84.0 Å². The fourth-order valence-electron chi connectivity index (χ4n) is 4.10. The highest BCUT2D eigenvalue weighted by Crippen LogP contribution is 2.58. The Morgan fingerprint density at radius 2 is 1.59 bits per heavy atom. The van der Waals surface area contributed by atoms with Crippen molar-refractivity contribution in [2.45, 2.75) is 11.8 Å². The standard InChI is InChI=1S/C24H20N2O3/c27-23(26-25-15-17-11-12-21-22(13-17)29-16-28-21)20-14-24(20,18-7-3-1-4-8-18)19-9-5-2-6-10-19/h1-13,15,20H,14,16H2,(H,26,27)/b25-15-/t20-/m1/s1. The van der Waals surface area contributed by atoms with Crippen LogP contribution in [0.4, 0.5) is 0 Å². The summed E-state index contributed by atoms with van der Waals surface area (Å²) in [6.45, 7) is 0.232. The number of carbonyl (C=O) groups is 1. The maximum atomic E-state index is 12.9. The third kappa shape index (κ3) is 3.14. The molecule has 0 spiro atoms. The molecule has 29 heavy (non-hydrogen) atoms. The number of amides is 1. The van der Waals surface area contributed by atoms with Crippen LogP contribution in [-0.4, -0.2) is 18.9 Å². The largest absolute Gasteiger partial charge is 0.454 e. The van der Waals surface area contributed by atoms with Gasteiger partial charge in [-0.15, -0.1) is 0 Å². The van der Waals surface area contributed by atoms with Crippen LogP contribution in [0, 0.1) is 5.92 Å². The van der Waals surface area contributed by atoms with Crippen molar-refractivity contribution in [2.75, 3.05) is 6.79 Å². The van der Waals surface area contributed by atoms with Gasteiger partial charge in [-0.05, 0) is 41.3 Å². The van der Waals surface area contributed by atoms with Crippen molar-refractivity contribution in [1.29, 1.82) is 0 Å². The predicted molar refractivity (Wildman–Crippen MR) is 110 cm³/mol. The summed E-state index contributed by atoms with van der Waals surface area (Å²) >= 11 is 0. The molecule has 144 valence electrons. The van der Waals surface area contributed by atoms with E-state index in [1.807, 2.05) is 54.6 Å². The highest BCUT2D eigenvalue weighted by molar-refractivity contribution is 5.88. The zero-order valence-corrected chi connectivity index (χ0v) is 15.7. The van der Waals surface area contributed by atoms with E-state index in [1.165, 1.54) is 0 Å². The van der Waals surface area contributed by atoms with E-state index in [2.05, 4.69) is 34.8 Å². The number of hydrazone groups is 1. The van der Waals surface area contributed by atoms with Gasteiger partial charge in [0.25, 0.3) is 0 Å². The number of fused-ring (bicyclic) bond motifs is 1. The maximum absolute atomic E-state index is 12.9. The molecule has 1 saturated carbocycles. The summed E-state index contributed by atoms with van der Waals surface area (Å²) in [5.41, 5.74) is 5.58. The van der Waals surface area contributed by atoms with Gasteiger partial charge in [0, 0.05) is 5.41 Å². The molecule has 5 rings (SSSR count). The first-order valence-electron chi connectivity index (χ1n) is 9.61. The van der Waals surface area contributed by atoms with E-state index in [0.717, 1.165) is 28.9 Å². The molecule has 5 heteroatoms. The molecule has 1 aliphatic heterocycles. The summed E-state index contributed by atoms with van der Waals surface area (Å²) < 4.78 is 10.7. The molecule has 1 atom stereocenters. The lowest BCUT2D eigenvalue weighted by atomic mass is 9.85. The van der Waals surface area contributed by atoms with Crippen LogP contribution in [0.1, 0.15) is 23.1 Å². The van der Waals surface area contributed by atoms with Gasteiger partial charge in [0.2, 0.25) is 12.7 Å². The average molecular weight is 384 g/mol. The van der Waals surface area contributed by atoms with Crippen LogP contribution in [0.3, 0.4) is 0 Å². The quantitative estimate of drug-likeness (QED) is 0.537. The van der Waals surface area contributed by atoms with Gasteiger partial charge in [0.1, 0.15) is 0 Å². The van der Waals surface area contributed by atoms with Crippen molar-refractivity contribution in [1.82, 2.24) is 5.43 Å². The van der Waals surface area contributed by atoms with Crippen LogP contribution >= 0.6 is 0 Å². The van der Waals surface area contributed by atoms with Crippen molar-refractivity contribution < 1.29 is 14.3 Å². The number of nitrogens with zero attached hydrogens (tertiary/aromatic N) is 1. The zero-order valence-electron chi connectivity index (χ0n) is 15.7. The van der Waals surface area contributed by atoms with E-state index in [1.54, 1.807) is 6.21 Å². The van der Waals surface area contributed by atoms with Gasteiger partial charge in [0.05, 0.1) is 12.1 Å². The van der Waals surface area contributed by atoms with Gasteiger partial charge < -0.3 is 9.47 Å². The fourth-order valence-corrected chi connectivity index (χ4v) is 4.10. The molecular weight excluding hydrogens is 364 g/mol. The Morgan fingerprint density at radius 1 is 0.931 bits per heavy atom. The van der Waals surface area contributed by atoms with Crippen LogP contribution in [0.5, 0.6) is 11.5 Å². The molecule has 1 aliphatic carbocycles. The number of hydrogen-bond donors (Lipinski definition) is 1. The van der Waals surface area contributed by atoms with Gasteiger partial charge in [-0.2, -0.15) is 5.10 Å². The molecule has 1 N–H and O–H groups in total. The smallest absolute Gasteiger partial charge is 0.244 e. The topological polar surface area (TPSA) is 59.9 Å². The molecule has 0 radical (unpaired) electrons. The van der Waals surface area contributed by atoms with Crippen LogP contribution in [0.25, 0.3) is 0 Å². The molecule has 0 saturated heterocycles. The number of hydrogen-bond acceptors (Lipinski definition) is 4. The van der Waals surface area contributed by atoms with E-state index < -0.39 is 0 Å². The Bertz CT molecular complexity index is 1020. The number of rotatable bonds is 5. The molecule has 0 bridgehead atoms. The monoisotopic (exact) mass is 384 g/mol. The second-order valence-electron chi connectivity index (χ2n) is 7.31. The van der Waals surface area contributed by atoms with E-state index in [4.69, 9.17) is 9.47 Å². The lowest BCUT2D eigenvalue weighted by Crippen LogP contribution is -2.25. The summed E-state index contributed by atoms with van der Waals surface area (Å²) in [6.07, 6.45) is 2.39. The predicted octanol–water partition coefficient (Wildman–Crippen LogP) is 3.87. The second-order valence-corrected chi connectivity index (χ2v) is 7.31. The van der Waals surface area contributed by atoms with Crippen molar-refractivity contribution >= 4 is 12.1 Å². The van der Waals surface area contributed by atoms with Crippen molar-refractivity contribution in [2.24, 2.45) is 11.0 Å². The Balaban J connectivity index is 1.33. The van der Waals surface area contributed by atoms with Crippen molar-refractivity contribution in [3.05, 3.63) is 95.6 Å². The maximum Gasteiger partial charge on any atom is 0.244 e. The van der Waals surface area contributed by atoms with Gasteiger partial charge in [-0.1, -0.05) is 60.7 Å². The first-order chi connectivity index (χ1) is 14.3. The van der Waals surface area contributed by atoms with Gasteiger partial charge >= 0.3 is 0 Å². The molecule has 1 amide bonds. The van der Waals surface area contributed by atoms with Crippen molar-refractivity contribution in [3.8, 4) is 11.5 Å². The molecule has 0 unspecified atom stereocenters. The Morgan fingerprint density at radius 3 is 2.28 bits per heavy atom. The zero-order chi connectivity index (χ0) is 19.7. The summed E-state index contributed by atoms with van der Waals surface area (Å²) in [6, 6.07) is 26.0. The first kappa shape index (κ1) is 17.5. The molecular formula is C24H20N2O3. The SMILES string of the molecule is O=C(N/N=C\c1ccc2c(c1)OCO2)[C@H]1CC1(c1ccccc1)c1ccccc1. The minimum Gasteiger partial charge on any atom is -0.454 e. The number of nitrogens with one attached hydrogen (secondary N) is 1. The van der Waals surface area contributed by atoms with Crippen LogP contribution in [-0.2, 0) is 10.2 Å². The Kier molecular flexibility index (Phi) is 4.28. The van der Waals surface area contributed by atoms with Crippen LogP contribution in [0.2, 0.25) is 0 Å². The third-order valence-corrected chi connectivity index (χ3v) is 5.64. The molecule has 5 nitrogen and oxygen atoms in total. The van der Waals surface area contributed by atoms with Crippen molar-refractivity contribution in [3.63, 3.8) is 0 Å². The summed E-state index contributed by atoms with van der Waals surface area (Å²) in [4.78, 5) is 12.9. The highest BCUT2D eigenvalue weighted by Gasteiger charge is 2.60. The summed E-state index contributed by atoms with van der Waals surface area (Å²) in [5, 5.41) is 4.16. The first-order valence-corrected chi connectivity index (χ1v) is 9.61. The molecule has 1 fully saturated rings. The van der Waals surface area contributed by atoms with Crippen LogP contribution < -0.4 is 14.9 Å². The minimum atomic E-state index is -0.291. The fraction of sp³-hybridized carbons (Fsp3) is 0.167. The molecule has 3 aromatic carbocycles. The number of carbonyl (C=O) groups excluding carboxylic acids is 1. The normalized spacial score (nSPS) is 18.6. The average Bonchev–Trinajstić information content (AvgIpc) is 3.38. The van der Waals surface area contributed by atoms with Gasteiger partial charge in [-0.25, -0.2) is 5.43 Å². The molecule has 3 aromatic rings. The van der Waals surface area contributed by atoms with E-state index in [9.17, 15) is 4.79 Å². The second kappa shape index (κ2) is 7.09. The number of ether oxygens (including phenoxy) is 2. The van der Waals surface area contributed by atoms with Gasteiger partial charge in [0.15, 0.2) is 11.5 Å². The van der Waals surface area contributed by atoms with E-state index >= 15 is 0 Å². The summed E-state index contributed by atoms with van der Waals surface area (Å²) in [5.74, 6) is 1.19. The number of benzene rings is 3. The molecule has 0 aromatic heterocycles. The third-order valence-electron chi connectivity index (χ3n) is 5.64. The van der Waals surface area contributed by atoms with Gasteiger partial charge in [-0.3, -0.25) is 4.79 Å². The molecule has 2 aliphatic rings. The Hall–Kier alpha value is -3.60. The summed E-state index contributed by atoms with van der Waals surface area (Å²) in [7, 11) is 0. The van der Waals surface area contributed by atoms with E-state index in [-0.39, 0.29) is 24.0 Å². The Labute approximate surface area is 169 Å². The highest BCUT2D eigenvalue weighted by atomic mass is 16.7. The lowest BCUT2D eigenvalue weighted by Gasteiger charge is -2.18. The van der Waals surface area contributed by atoms with E-state index in [0.29, 0.717) is 5.75 Å². The minimum absolute atomic E-state index is 0.0744.